The normalized spacial score (nSPS) is 25.5. The SMILES string of the molecule is CC1(CNCC(C)(C)N2CCNCC2)CCCC1. The van der Waals surface area contributed by atoms with Crippen LogP contribution in [0.25, 0.3) is 0 Å². The fourth-order valence-corrected chi connectivity index (χ4v) is 3.46. The monoisotopic (exact) mass is 253 g/mol. The van der Waals surface area contributed by atoms with E-state index in [-0.39, 0.29) is 5.54 Å². The van der Waals surface area contributed by atoms with E-state index in [1.807, 2.05) is 0 Å². The van der Waals surface area contributed by atoms with Crippen LogP contribution in [0.5, 0.6) is 0 Å². The first kappa shape index (κ1) is 14.3. The van der Waals surface area contributed by atoms with Crippen LogP contribution in [0.4, 0.5) is 0 Å². The Balaban J connectivity index is 1.74. The Morgan fingerprint density at radius 3 is 2.39 bits per heavy atom. The van der Waals surface area contributed by atoms with Crippen molar-refractivity contribution >= 4 is 0 Å². The summed E-state index contributed by atoms with van der Waals surface area (Å²) in [6, 6.07) is 0. The maximum Gasteiger partial charge on any atom is 0.0278 e. The molecule has 0 amide bonds. The van der Waals surface area contributed by atoms with E-state index in [0.717, 1.165) is 19.6 Å². The minimum atomic E-state index is 0.289. The third-order valence-electron chi connectivity index (χ3n) is 4.89. The molecule has 106 valence electrons. The maximum atomic E-state index is 3.74. The molecule has 0 unspecified atom stereocenters. The van der Waals surface area contributed by atoms with E-state index in [0.29, 0.717) is 5.41 Å². The minimum absolute atomic E-state index is 0.289. The molecular weight excluding hydrogens is 222 g/mol. The summed E-state index contributed by atoms with van der Waals surface area (Å²) in [6.45, 7) is 14.2. The highest BCUT2D eigenvalue weighted by molar-refractivity contribution is 4.89. The Kier molecular flexibility index (Phi) is 4.68. The number of piperazine rings is 1. The van der Waals surface area contributed by atoms with Crippen LogP contribution in [0.15, 0.2) is 0 Å². The van der Waals surface area contributed by atoms with Crippen LogP contribution in [0.2, 0.25) is 0 Å². The second-order valence-electron chi connectivity index (χ2n) is 7.17. The Bertz CT molecular complexity index is 250. The van der Waals surface area contributed by atoms with Crippen LogP contribution in [0.1, 0.15) is 46.5 Å². The van der Waals surface area contributed by atoms with Crippen LogP contribution in [0.3, 0.4) is 0 Å². The second kappa shape index (κ2) is 5.89. The zero-order valence-electron chi connectivity index (χ0n) is 12.5. The zero-order valence-corrected chi connectivity index (χ0v) is 12.5. The van der Waals surface area contributed by atoms with Crippen LogP contribution in [-0.4, -0.2) is 49.7 Å². The molecular formula is C15H31N3. The highest BCUT2D eigenvalue weighted by Crippen LogP contribution is 2.36. The van der Waals surface area contributed by atoms with Gasteiger partial charge in [0, 0.05) is 44.8 Å². The smallest absolute Gasteiger partial charge is 0.0278 e. The van der Waals surface area contributed by atoms with Gasteiger partial charge in [-0.3, -0.25) is 4.90 Å². The molecule has 0 spiro atoms. The van der Waals surface area contributed by atoms with E-state index in [1.165, 1.54) is 45.3 Å². The number of nitrogens with zero attached hydrogens (tertiary/aromatic N) is 1. The highest BCUT2D eigenvalue weighted by Gasteiger charge is 2.31. The molecule has 18 heavy (non-hydrogen) atoms. The molecule has 1 aliphatic carbocycles. The highest BCUT2D eigenvalue weighted by atomic mass is 15.2. The van der Waals surface area contributed by atoms with E-state index in [2.05, 4.69) is 36.3 Å². The summed E-state index contributed by atoms with van der Waals surface area (Å²) in [5, 5.41) is 7.17. The van der Waals surface area contributed by atoms with Gasteiger partial charge in [0.15, 0.2) is 0 Å². The van der Waals surface area contributed by atoms with Crippen LogP contribution >= 0.6 is 0 Å². The third kappa shape index (κ3) is 3.69. The number of hydrogen-bond donors (Lipinski definition) is 2. The summed E-state index contributed by atoms with van der Waals surface area (Å²) >= 11 is 0. The van der Waals surface area contributed by atoms with Crippen molar-refractivity contribution in [3.05, 3.63) is 0 Å². The molecule has 0 aromatic rings. The van der Waals surface area contributed by atoms with Crippen molar-refractivity contribution in [2.45, 2.75) is 52.0 Å². The Labute approximate surface area is 113 Å². The first-order valence-electron chi connectivity index (χ1n) is 7.68. The predicted molar refractivity (Wildman–Crippen MR) is 78.0 cm³/mol. The third-order valence-corrected chi connectivity index (χ3v) is 4.89. The van der Waals surface area contributed by atoms with Crippen LogP contribution < -0.4 is 10.6 Å². The van der Waals surface area contributed by atoms with Crippen molar-refractivity contribution in [2.24, 2.45) is 5.41 Å². The molecule has 3 heteroatoms. The first-order chi connectivity index (χ1) is 8.52. The van der Waals surface area contributed by atoms with E-state index >= 15 is 0 Å². The van der Waals surface area contributed by atoms with Gasteiger partial charge in [-0.25, -0.2) is 0 Å². The van der Waals surface area contributed by atoms with Crippen molar-refractivity contribution in [1.82, 2.24) is 15.5 Å². The molecule has 0 aromatic carbocycles. The molecule has 0 atom stereocenters. The molecule has 1 saturated heterocycles. The van der Waals surface area contributed by atoms with Crippen LogP contribution in [0, 0.1) is 5.41 Å². The molecule has 0 aromatic heterocycles. The van der Waals surface area contributed by atoms with Crippen molar-refractivity contribution in [2.75, 3.05) is 39.3 Å². The van der Waals surface area contributed by atoms with E-state index < -0.39 is 0 Å². The maximum absolute atomic E-state index is 3.74. The van der Waals surface area contributed by atoms with Gasteiger partial charge in [-0.1, -0.05) is 19.8 Å². The molecule has 1 saturated carbocycles. The average Bonchev–Trinajstić information content (AvgIpc) is 2.77. The summed E-state index contributed by atoms with van der Waals surface area (Å²) in [5.74, 6) is 0. The van der Waals surface area contributed by atoms with Gasteiger partial charge in [0.2, 0.25) is 0 Å². The lowest BCUT2D eigenvalue weighted by Gasteiger charge is -2.42. The van der Waals surface area contributed by atoms with Crippen LogP contribution in [-0.2, 0) is 0 Å². The van der Waals surface area contributed by atoms with Gasteiger partial charge in [0.25, 0.3) is 0 Å². The Morgan fingerprint density at radius 1 is 1.17 bits per heavy atom. The lowest BCUT2D eigenvalue weighted by molar-refractivity contribution is 0.0990. The lowest BCUT2D eigenvalue weighted by atomic mass is 9.88. The topological polar surface area (TPSA) is 27.3 Å². The largest absolute Gasteiger partial charge is 0.314 e. The summed E-state index contributed by atoms with van der Waals surface area (Å²) in [4.78, 5) is 2.62. The summed E-state index contributed by atoms with van der Waals surface area (Å²) in [7, 11) is 0. The fourth-order valence-electron chi connectivity index (χ4n) is 3.46. The van der Waals surface area contributed by atoms with Gasteiger partial charge < -0.3 is 10.6 Å². The molecule has 1 heterocycles. The predicted octanol–water partition coefficient (Wildman–Crippen LogP) is 1.84. The van der Waals surface area contributed by atoms with Crippen molar-refractivity contribution in [3.63, 3.8) is 0 Å². The van der Waals surface area contributed by atoms with E-state index in [1.54, 1.807) is 0 Å². The first-order valence-corrected chi connectivity index (χ1v) is 7.68. The quantitative estimate of drug-likeness (QED) is 0.783. The molecule has 2 aliphatic rings. The van der Waals surface area contributed by atoms with Crippen molar-refractivity contribution < 1.29 is 0 Å². The van der Waals surface area contributed by atoms with Gasteiger partial charge >= 0.3 is 0 Å². The molecule has 1 aliphatic heterocycles. The summed E-state index contributed by atoms with van der Waals surface area (Å²) in [5.41, 5.74) is 0.858. The number of hydrogen-bond acceptors (Lipinski definition) is 3. The molecule has 2 N–H and O–H groups in total. The lowest BCUT2D eigenvalue weighted by Crippen LogP contribution is -2.57. The van der Waals surface area contributed by atoms with Crippen molar-refractivity contribution in [3.8, 4) is 0 Å². The zero-order chi connectivity index (χ0) is 13.1. The standard InChI is InChI=1S/C15H31N3/c1-14(2,18-10-8-16-9-11-18)12-17-13-15(3)6-4-5-7-15/h16-17H,4-13H2,1-3H3. The van der Waals surface area contributed by atoms with Gasteiger partial charge in [-0.15, -0.1) is 0 Å². The minimum Gasteiger partial charge on any atom is -0.314 e. The average molecular weight is 253 g/mol. The van der Waals surface area contributed by atoms with Crippen molar-refractivity contribution in [1.29, 1.82) is 0 Å². The van der Waals surface area contributed by atoms with Gasteiger partial charge in [-0.05, 0) is 32.1 Å². The molecule has 2 rings (SSSR count). The fraction of sp³-hybridized carbons (Fsp3) is 1.00. The molecule has 2 fully saturated rings. The Hall–Kier alpha value is -0.120. The molecule has 0 radical (unpaired) electrons. The number of nitrogens with one attached hydrogen (secondary N) is 2. The van der Waals surface area contributed by atoms with Gasteiger partial charge in [0.1, 0.15) is 0 Å². The van der Waals surface area contributed by atoms with E-state index in [9.17, 15) is 0 Å². The number of rotatable bonds is 5. The van der Waals surface area contributed by atoms with Gasteiger partial charge in [-0.2, -0.15) is 0 Å². The van der Waals surface area contributed by atoms with E-state index in [4.69, 9.17) is 0 Å². The second-order valence-corrected chi connectivity index (χ2v) is 7.17. The summed E-state index contributed by atoms with van der Waals surface area (Å²) in [6.07, 6.45) is 5.68. The molecule has 3 nitrogen and oxygen atoms in total. The van der Waals surface area contributed by atoms with Gasteiger partial charge in [0.05, 0.1) is 0 Å². The Morgan fingerprint density at radius 2 is 1.78 bits per heavy atom. The summed E-state index contributed by atoms with van der Waals surface area (Å²) < 4.78 is 0. The molecule has 0 bridgehead atoms.